The summed E-state index contributed by atoms with van der Waals surface area (Å²) >= 11 is 0. The van der Waals surface area contributed by atoms with Crippen LogP contribution in [0.25, 0.3) is 6.08 Å². The maximum absolute atomic E-state index is 12.9. The monoisotopic (exact) mass is 418 g/mol. The van der Waals surface area contributed by atoms with Crippen molar-refractivity contribution in [2.24, 2.45) is 4.99 Å². The first-order chi connectivity index (χ1) is 15.0. The number of halogens is 1. The zero-order chi connectivity index (χ0) is 21.8. The molecular formula is C23H15FN2O5. The van der Waals surface area contributed by atoms with Gasteiger partial charge in [-0.15, -0.1) is 0 Å². The second-order valence-electron chi connectivity index (χ2n) is 6.62. The Balaban J connectivity index is 1.44. The lowest BCUT2D eigenvalue weighted by molar-refractivity contribution is -0.384. The Morgan fingerprint density at radius 3 is 2.32 bits per heavy atom. The number of carbonyl (C=O) groups is 1. The van der Waals surface area contributed by atoms with Gasteiger partial charge in [0.15, 0.2) is 5.70 Å². The Bertz CT molecular complexity index is 1180. The fraction of sp³-hybridized carbons (Fsp3) is 0.0435. The maximum Gasteiger partial charge on any atom is 0.363 e. The number of nitrogens with zero attached hydrogens (tertiary/aromatic N) is 2. The molecule has 0 amide bonds. The highest BCUT2D eigenvalue weighted by Crippen LogP contribution is 2.22. The van der Waals surface area contributed by atoms with Crippen LogP contribution in [0, 0.1) is 15.9 Å². The van der Waals surface area contributed by atoms with E-state index in [-0.39, 0.29) is 23.1 Å². The molecule has 7 nitrogen and oxygen atoms in total. The SMILES string of the molecule is O=C1OC(c2ccc([N+](=O)[O-])cc2)=NC1=Cc1ccc(OCc2ccc(F)cc2)cc1. The zero-order valence-electron chi connectivity index (χ0n) is 16.0. The third kappa shape index (κ3) is 4.81. The summed E-state index contributed by atoms with van der Waals surface area (Å²) in [6, 6.07) is 18.7. The highest BCUT2D eigenvalue weighted by molar-refractivity contribution is 6.12. The number of hydrogen-bond acceptors (Lipinski definition) is 6. The standard InChI is InChI=1S/C23H15FN2O5/c24-18-7-1-16(2-8-18)14-30-20-11-3-15(4-12-20)13-21-23(27)31-22(25-21)17-5-9-19(10-6-17)26(28)29/h1-13H,14H2. The molecule has 0 aliphatic carbocycles. The fourth-order valence-electron chi connectivity index (χ4n) is 2.82. The fourth-order valence-corrected chi connectivity index (χ4v) is 2.82. The summed E-state index contributed by atoms with van der Waals surface area (Å²) in [6.07, 6.45) is 1.57. The highest BCUT2D eigenvalue weighted by Gasteiger charge is 2.24. The Hall–Kier alpha value is -4.33. The van der Waals surface area contributed by atoms with E-state index in [1.807, 2.05) is 0 Å². The molecule has 0 aromatic heterocycles. The van der Waals surface area contributed by atoms with E-state index in [4.69, 9.17) is 9.47 Å². The van der Waals surface area contributed by atoms with Crippen molar-refractivity contribution in [3.8, 4) is 5.75 Å². The smallest absolute Gasteiger partial charge is 0.363 e. The summed E-state index contributed by atoms with van der Waals surface area (Å²) < 4.78 is 23.8. The number of nitro benzene ring substituents is 1. The molecule has 3 aromatic rings. The van der Waals surface area contributed by atoms with E-state index in [9.17, 15) is 19.3 Å². The van der Waals surface area contributed by atoms with E-state index in [1.165, 1.54) is 36.4 Å². The molecule has 31 heavy (non-hydrogen) atoms. The first-order valence-corrected chi connectivity index (χ1v) is 9.23. The molecule has 154 valence electrons. The highest BCUT2D eigenvalue weighted by atomic mass is 19.1. The van der Waals surface area contributed by atoms with Gasteiger partial charge in [0.1, 0.15) is 18.2 Å². The number of rotatable bonds is 6. The Kier molecular flexibility index (Phi) is 5.53. The number of non-ortho nitro benzene ring substituents is 1. The van der Waals surface area contributed by atoms with Crippen LogP contribution in [0.4, 0.5) is 10.1 Å². The molecule has 0 spiro atoms. The van der Waals surface area contributed by atoms with E-state index < -0.39 is 10.9 Å². The molecule has 0 fully saturated rings. The lowest BCUT2D eigenvalue weighted by atomic mass is 10.2. The first-order valence-electron chi connectivity index (χ1n) is 9.23. The summed E-state index contributed by atoms with van der Waals surface area (Å²) in [5.41, 5.74) is 2.08. The summed E-state index contributed by atoms with van der Waals surface area (Å²) in [5, 5.41) is 10.7. The summed E-state index contributed by atoms with van der Waals surface area (Å²) in [4.78, 5) is 26.6. The van der Waals surface area contributed by atoms with Crippen molar-refractivity contribution >= 4 is 23.6 Å². The van der Waals surface area contributed by atoms with E-state index >= 15 is 0 Å². The number of hydrogen-bond donors (Lipinski definition) is 0. The Labute approximate surface area is 176 Å². The molecule has 0 radical (unpaired) electrons. The largest absolute Gasteiger partial charge is 0.489 e. The number of aliphatic imine (C=N–C) groups is 1. The molecule has 1 aliphatic heterocycles. The van der Waals surface area contributed by atoms with Crippen LogP contribution in [0.1, 0.15) is 16.7 Å². The molecule has 1 heterocycles. The van der Waals surface area contributed by atoms with Crippen molar-refractivity contribution in [3.05, 3.63) is 111 Å². The third-order valence-corrected chi connectivity index (χ3v) is 4.45. The average Bonchev–Trinajstić information content (AvgIpc) is 3.14. The van der Waals surface area contributed by atoms with Gasteiger partial charge in [-0.2, -0.15) is 0 Å². The van der Waals surface area contributed by atoms with Crippen LogP contribution in [0.2, 0.25) is 0 Å². The molecule has 0 unspecified atom stereocenters. The second kappa shape index (κ2) is 8.58. The predicted octanol–water partition coefficient (Wildman–Crippen LogP) is 4.66. The minimum atomic E-state index is -0.606. The average molecular weight is 418 g/mol. The van der Waals surface area contributed by atoms with Gasteiger partial charge >= 0.3 is 5.97 Å². The number of carbonyl (C=O) groups excluding carboxylic acids is 1. The molecule has 0 N–H and O–H groups in total. The van der Waals surface area contributed by atoms with E-state index in [0.717, 1.165) is 11.1 Å². The van der Waals surface area contributed by atoms with Crippen molar-refractivity contribution in [2.75, 3.05) is 0 Å². The van der Waals surface area contributed by atoms with Crippen molar-refractivity contribution in [2.45, 2.75) is 6.61 Å². The molecular weight excluding hydrogens is 403 g/mol. The van der Waals surface area contributed by atoms with Crippen LogP contribution >= 0.6 is 0 Å². The predicted molar refractivity (Wildman–Crippen MR) is 111 cm³/mol. The lowest BCUT2D eigenvalue weighted by Gasteiger charge is -2.06. The minimum absolute atomic E-state index is 0.0637. The van der Waals surface area contributed by atoms with Gasteiger partial charge in [0.2, 0.25) is 5.90 Å². The van der Waals surface area contributed by atoms with Gasteiger partial charge in [-0.1, -0.05) is 24.3 Å². The molecule has 0 saturated heterocycles. The maximum atomic E-state index is 12.9. The first kappa shape index (κ1) is 20.0. The molecule has 3 aromatic carbocycles. The van der Waals surface area contributed by atoms with Gasteiger partial charge < -0.3 is 9.47 Å². The summed E-state index contributed by atoms with van der Waals surface area (Å²) in [7, 11) is 0. The molecule has 0 atom stereocenters. The van der Waals surface area contributed by atoms with E-state index in [2.05, 4.69) is 4.99 Å². The van der Waals surface area contributed by atoms with Crippen LogP contribution in [-0.2, 0) is 16.1 Å². The van der Waals surface area contributed by atoms with Crippen LogP contribution in [0.3, 0.4) is 0 Å². The van der Waals surface area contributed by atoms with Gasteiger partial charge in [0.25, 0.3) is 5.69 Å². The van der Waals surface area contributed by atoms with Crippen LogP contribution < -0.4 is 4.74 Å². The Morgan fingerprint density at radius 2 is 1.68 bits per heavy atom. The quantitative estimate of drug-likeness (QED) is 0.251. The zero-order valence-corrected chi connectivity index (χ0v) is 16.0. The number of ether oxygens (including phenoxy) is 2. The van der Waals surface area contributed by atoms with Crippen LogP contribution in [0.5, 0.6) is 5.75 Å². The normalized spacial score (nSPS) is 14.3. The number of cyclic esters (lactones) is 1. The molecule has 8 heteroatoms. The van der Waals surface area contributed by atoms with Crippen molar-refractivity contribution < 1.29 is 23.6 Å². The molecule has 0 bridgehead atoms. The van der Waals surface area contributed by atoms with Crippen LogP contribution in [-0.4, -0.2) is 16.8 Å². The van der Waals surface area contributed by atoms with E-state index in [0.29, 0.717) is 17.9 Å². The van der Waals surface area contributed by atoms with Crippen molar-refractivity contribution in [1.82, 2.24) is 0 Å². The topological polar surface area (TPSA) is 91.0 Å². The third-order valence-electron chi connectivity index (χ3n) is 4.45. The molecule has 0 saturated carbocycles. The van der Waals surface area contributed by atoms with E-state index in [1.54, 1.807) is 42.5 Å². The van der Waals surface area contributed by atoms with Gasteiger partial charge in [-0.3, -0.25) is 10.1 Å². The minimum Gasteiger partial charge on any atom is -0.489 e. The lowest BCUT2D eigenvalue weighted by Crippen LogP contribution is -2.05. The summed E-state index contributed by atoms with van der Waals surface area (Å²) in [5.74, 6) is -0.197. The van der Waals surface area contributed by atoms with Crippen LogP contribution in [0.15, 0.2) is 83.5 Å². The number of nitro groups is 1. The van der Waals surface area contributed by atoms with Gasteiger partial charge in [-0.25, -0.2) is 14.2 Å². The second-order valence-corrected chi connectivity index (χ2v) is 6.62. The van der Waals surface area contributed by atoms with Gasteiger partial charge in [0.05, 0.1) is 4.92 Å². The van der Waals surface area contributed by atoms with Crippen molar-refractivity contribution in [1.29, 1.82) is 0 Å². The van der Waals surface area contributed by atoms with Gasteiger partial charge in [-0.05, 0) is 53.6 Å². The summed E-state index contributed by atoms with van der Waals surface area (Å²) in [6.45, 7) is 0.302. The number of esters is 1. The number of benzene rings is 3. The van der Waals surface area contributed by atoms with Gasteiger partial charge in [0, 0.05) is 17.7 Å². The van der Waals surface area contributed by atoms with Crippen molar-refractivity contribution in [3.63, 3.8) is 0 Å². The Morgan fingerprint density at radius 1 is 1.00 bits per heavy atom. The molecule has 1 aliphatic rings. The molecule has 4 rings (SSSR count).